The molecule has 0 radical (unpaired) electrons. The quantitative estimate of drug-likeness (QED) is 0.0269. The molecule has 2 fully saturated rings. The molecule has 0 aromatic rings. The Morgan fingerprint density at radius 1 is 0.444 bits per heavy atom. The first kappa shape index (κ1) is 46.5. The SMILES string of the molecule is NC(N)=NCCCCCCCN(CCCCCCCNC(N)=NCC1CC1)C(=O)N(CCCCCCN=C(N)N)CCCCCCNC(N)=NCC1CC1. The first-order valence-corrected chi connectivity index (χ1v) is 21.5. The first-order chi connectivity index (χ1) is 26.2. The average molecular weight is 761 g/mol. The summed E-state index contributed by atoms with van der Waals surface area (Å²) >= 11 is 0. The zero-order chi connectivity index (χ0) is 39.1. The molecule has 0 bridgehead atoms. The number of nitrogens with zero attached hydrogens (tertiary/aromatic N) is 6. The van der Waals surface area contributed by atoms with Crippen LogP contribution in [0.3, 0.4) is 0 Å². The number of hydrogen-bond acceptors (Lipinski definition) is 5. The van der Waals surface area contributed by atoms with Crippen molar-refractivity contribution in [1.82, 2.24) is 20.4 Å². The number of hydrogen-bond donors (Lipinski definition) is 8. The molecule has 0 unspecified atom stereocenters. The molecule has 0 atom stereocenters. The highest BCUT2D eigenvalue weighted by Crippen LogP contribution is 2.29. The topological polar surface area (TPSA) is 253 Å². The van der Waals surface area contributed by atoms with Gasteiger partial charge in [-0.3, -0.25) is 20.0 Å². The van der Waals surface area contributed by atoms with E-state index >= 15 is 0 Å². The number of amides is 2. The first-order valence-electron chi connectivity index (χ1n) is 21.5. The predicted octanol–water partition coefficient (Wildman–Crippen LogP) is 3.91. The zero-order valence-corrected chi connectivity index (χ0v) is 33.8. The summed E-state index contributed by atoms with van der Waals surface area (Å²) in [5, 5.41) is 6.51. The monoisotopic (exact) mass is 761 g/mol. The molecule has 15 heteroatoms. The van der Waals surface area contributed by atoms with Crippen LogP contribution in [0.1, 0.15) is 141 Å². The molecule has 2 aliphatic rings. The van der Waals surface area contributed by atoms with Crippen molar-refractivity contribution < 1.29 is 4.79 Å². The number of unbranched alkanes of at least 4 members (excludes halogenated alkanes) is 14. The lowest BCUT2D eigenvalue weighted by atomic mass is 10.1. The number of nitrogens with one attached hydrogen (secondary N) is 2. The highest BCUT2D eigenvalue weighted by atomic mass is 16.2. The lowest BCUT2D eigenvalue weighted by Crippen LogP contribution is -2.45. The molecule has 54 heavy (non-hydrogen) atoms. The van der Waals surface area contributed by atoms with Gasteiger partial charge in [0.15, 0.2) is 23.8 Å². The molecule has 2 saturated carbocycles. The van der Waals surface area contributed by atoms with Crippen molar-refractivity contribution in [2.75, 3.05) is 65.4 Å². The molecule has 0 aromatic heterocycles. The second kappa shape index (κ2) is 30.7. The molecule has 2 aliphatic carbocycles. The minimum atomic E-state index is 0.144. The third-order valence-corrected chi connectivity index (χ3v) is 10.1. The van der Waals surface area contributed by atoms with Crippen molar-refractivity contribution in [2.45, 2.75) is 141 Å². The van der Waals surface area contributed by atoms with Gasteiger partial charge in [0.25, 0.3) is 0 Å². The van der Waals surface area contributed by atoms with Crippen LogP contribution >= 0.6 is 0 Å². The Kier molecular flexibility index (Phi) is 26.4. The van der Waals surface area contributed by atoms with Gasteiger partial charge in [-0.25, -0.2) is 4.79 Å². The van der Waals surface area contributed by atoms with Crippen LogP contribution in [-0.2, 0) is 0 Å². The van der Waals surface area contributed by atoms with E-state index in [0.29, 0.717) is 25.0 Å². The van der Waals surface area contributed by atoms with Crippen LogP contribution in [0.25, 0.3) is 0 Å². The molecule has 2 rings (SSSR count). The van der Waals surface area contributed by atoms with E-state index in [1.165, 1.54) is 25.7 Å². The number of rotatable bonds is 34. The standard InChI is InChI=1S/C39H80N14O/c40-35(41)46-23-11-3-1-7-15-27-52(28-16-8-2-4-13-25-48-37(44)50-31-33-19-20-33)39(54)53(29-17-9-5-12-24-47-36(42)43)30-18-10-6-14-26-49-38(45)51-32-34-21-22-34/h33-34H,1-32H2,(H4,40,41,46)(H4,42,43,47)(H3,44,48,50)(H3,45,49,51). The molecule has 312 valence electrons. The summed E-state index contributed by atoms with van der Waals surface area (Å²) in [6.45, 7) is 7.88. The average Bonchev–Trinajstić information content (AvgIpc) is 4.08. The van der Waals surface area contributed by atoms with Crippen LogP contribution in [0.5, 0.6) is 0 Å². The molecule has 0 aromatic carbocycles. The molecule has 2 amide bonds. The van der Waals surface area contributed by atoms with Gasteiger partial charge in [0, 0.05) is 65.4 Å². The van der Waals surface area contributed by atoms with Gasteiger partial charge in [0.05, 0.1) is 0 Å². The summed E-state index contributed by atoms with van der Waals surface area (Å²) in [7, 11) is 0. The predicted molar refractivity (Wildman–Crippen MR) is 227 cm³/mol. The Bertz CT molecular complexity index is 1080. The van der Waals surface area contributed by atoms with Crippen LogP contribution in [0, 0.1) is 11.8 Å². The van der Waals surface area contributed by atoms with Gasteiger partial charge >= 0.3 is 6.03 Å². The fourth-order valence-electron chi connectivity index (χ4n) is 6.27. The maximum atomic E-state index is 14.2. The van der Waals surface area contributed by atoms with Crippen molar-refractivity contribution in [3.8, 4) is 0 Å². The Morgan fingerprint density at radius 3 is 1.09 bits per heavy atom. The van der Waals surface area contributed by atoms with Gasteiger partial charge in [0.1, 0.15) is 0 Å². The van der Waals surface area contributed by atoms with Gasteiger partial charge in [-0.1, -0.05) is 64.2 Å². The number of nitrogens with two attached hydrogens (primary N) is 6. The highest BCUT2D eigenvalue weighted by Gasteiger charge is 2.22. The van der Waals surface area contributed by atoms with Crippen molar-refractivity contribution >= 4 is 29.9 Å². The van der Waals surface area contributed by atoms with E-state index < -0.39 is 0 Å². The molecule has 0 aliphatic heterocycles. The fourth-order valence-corrected chi connectivity index (χ4v) is 6.27. The number of carbonyl (C=O) groups is 1. The number of urea groups is 1. The van der Waals surface area contributed by atoms with E-state index in [4.69, 9.17) is 34.4 Å². The van der Waals surface area contributed by atoms with Gasteiger partial charge in [0.2, 0.25) is 0 Å². The second-order valence-corrected chi connectivity index (χ2v) is 15.4. The molecule has 0 spiro atoms. The van der Waals surface area contributed by atoms with Crippen molar-refractivity contribution in [3.05, 3.63) is 0 Å². The van der Waals surface area contributed by atoms with E-state index in [1.54, 1.807) is 0 Å². The lowest BCUT2D eigenvalue weighted by Gasteiger charge is -2.31. The third-order valence-electron chi connectivity index (χ3n) is 10.1. The fraction of sp³-hybridized carbons (Fsp3) is 0.872. The van der Waals surface area contributed by atoms with Gasteiger partial charge in [-0.2, -0.15) is 0 Å². The molecular weight excluding hydrogens is 681 g/mol. The van der Waals surface area contributed by atoms with Gasteiger partial charge in [-0.15, -0.1) is 0 Å². The summed E-state index contributed by atoms with van der Waals surface area (Å²) < 4.78 is 0. The van der Waals surface area contributed by atoms with Crippen LogP contribution in [0.4, 0.5) is 4.79 Å². The minimum absolute atomic E-state index is 0.144. The summed E-state index contributed by atoms with van der Waals surface area (Å²) in [5.41, 5.74) is 33.9. The van der Waals surface area contributed by atoms with Crippen molar-refractivity contribution in [2.24, 2.45) is 66.2 Å². The lowest BCUT2D eigenvalue weighted by molar-refractivity contribution is 0.148. The van der Waals surface area contributed by atoms with Gasteiger partial charge in [-0.05, 0) is 88.9 Å². The van der Waals surface area contributed by atoms with Crippen LogP contribution in [-0.4, -0.2) is 105 Å². The molecule has 15 nitrogen and oxygen atoms in total. The summed E-state index contributed by atoms with van der Waals surface area (Å²) in [6, 6.07) is 0.190. The molecule has 0 heterocycles. The van der Waals surface area contributed by atoms with E-state index in [1.807, 2.05) is 0 Å². The number of guanidine groups is 4. The van der Waals surface area contributed by atoms with Crippen LogP contribution in [0.15, 0.2) is 20.0 Å². The van der Waals surface area contributed by atoms with E-state index in [0.717, 1.165) is 180 Å². The van der Waals surface area contributed by atoms with E-state index in [-0.39, 0.29) is 18.0 Å². The van der Waals surface area contributed by atoms with Crippen molar-refractivity contribution in [3.63, 3.8) is 0 Å². The van der Waals surface area contributed by atoms with Crippen LogP contribution < -0.4 is 45.0 Å². The number of carbonyl (C=O) groups excluding carboxylic acids is 1. The maximum Gasteiger partial charge on any atom is 0.319 e. The highest BCUT2D eigenvalue weighted by molar-refractivity contribution is 5.78. The zero-order valence-electron chi connectivity index (χ0n) is 33.8. The normalized spacial score (nSPS) is 14.4. The molecule has 0 saturated heterocycles. The van der Waals surface area contributed by atoms with E-state index in [9.17, 15) is 4.79 Å². The Balaban J connectivity index is 1.83. The van der Waals surface area contributed by atoms with Gasteiger partial charge < -0.3 is 54.8 Å². The number of aliphatic imine (C=N–C) groups is 4. The Hall–Kier alpha value is -3.65. The molecular formula is C39H80N14O. The minimum Gasteiger partial charge on any atom is -0.370 e. The summed E-state index contributed by atoms with van der Waals surface area (Å²) in [4.78, 5) is 35.5. The smallest absolute Gasteiger partial charge is 0.319 e. The van der Waals surface area contributed by atoms with E-state index in [2.05, 4.69) is 40.4 Å². The Labute approximate surface area is 327 Å². The largest absolute Gasteiger partial charge is 0.370 e. The summed E-state index contributed by atoms with van der Waals surface area (Å²) in [6.07, 6.45) is 24.1. The summed E-state index contributed by atoms with van der Waals surface area (Å²) in [5.74, 6) is 2.93. The second-order valence-electron chi connectivity index (χ2n) is 15.4. The Morgan fingerprint density at radius 2 is 0.759 bits per heavy atom. The van der Waals surface area contributed by atoms with Crippen LogP contribution in [0.2, 0.25) is 0 Å². The molecule has 14 N–H and O–H groups in total. The van der Waals surface area contributed by atoms with Crippen molar-refractivity contribution in [1.29, 1.82) is 0 Å². The maximum absolute atomic E-state index is 14.2. The third kappa shape index (κ3) is 27.9.